The zero-order chi connectivity index (χ0) is 11.5. The van der Waals surface area contributed by atoms with Crippen LogP contribution in [-0.2, 0) is 17.7 Å². The number of thiazole rings is 1. The highest BCUT2D eigenvalue weighted by molar-refractivity contribution is 7.98. The van der Waals surface area contributed by atoms with Crippen LogP contribution in [0, 0.1) is 0 Å². The summed E-state index contributed by atoms with van der Waals surface area (Å²) in [5.41, 5.74) is 7.05. The third-order valence-electron chi connectivity index (χ3n) is 2.07. The minimum atomic E-state index is 0.111. The first-order valence-electron chi connectivity index (χ1n) is 5.26. The van der Waals surface area contributed by atoms with E-state index in [2.05, 4.69) is 27.7 Å². The fourth-order valence-corrected chi connectivity index (χ4v) is 3.26. The number of nitrogens with two attached hydrogens (primary N) is 1. The highest BCUT2D eigenvalue weighted by Gasteiger charge is 2.22. The first-order valence-corrected chi connectivity index (χ1v) is 7.23. The molecule has 0 aromatic carbocycles. The number of nitrogens with zero attached hydrogens (tertiary/aromatic N) is 1. The Morgan fingerprint density at radius 2 is 2.07 bits per heavy atom. The van der Waals surface area contributed by atoms with E-state index < -0.39 is 0 Å². The van der Waals surface area contributed by atoms with E-state index in [4.69, 9.17) is 10.7 Å². The van der Waals surface area contributed by atoms with E-state index >= 15 is 0 Å². The van der Waals surface area contributed by atoms with Crippen LogP contribution in [0.1, 0.15) is 43.3 Å². The minimum Gasteiger partial charge on any atom is -0.326 e. The molecule has 15 heavy (non-hydrogen) atoms. The number of thioether (sulfide) groups is 1. The molecule has 1 heterocycles. The molecule has 1 aromatic heterocycles. The third kappa shape index (κ3) is 3.47. The lowest BCUT2D eigenvalue weighted by atomic mass is 9.91. The number of hydrogen-bond donors (Lipinski definition) is 1. The molecule has 86 valence electrons. The molecule has 0 spiro atoms. The van der Waals surface area contributed by atoms with E-state index in [0.717, 1.165) is 11.5 Å². The number of aromatic nitrogens is 1. The van der Waals surface area contributed by atoms with Crippen molar-refractivity contribution in [3.05, 3.63) is 15.6 Å². The van der Waals surface area contributed by atoms with Gasteiger partial charge in [-0.3, -0.25) is 0 Å². The first kappa shape index (κ1) is 13.0. The largest absolute Gasteiger partial charge is 0.326 e. The summed E-state index contributed by atoms with van der Waals surface area (Å²) in [5.74, 6) is 2.16. The molecule has 0 aliphatic carbocycles. The van der Waals surface area contributed by atoms with Gasteiger partial charge in [-0.2, -0.15) is 11.8 Å². The minimum absolute atomic E-state index is 0.111. The highest BCUT2D eigenvalue weighted by Crippen LogP contribution is 2.30. The second kappa shape index (κ2) is 5.32. The Balaban J connectivity index is 2.90. The zero-order valence-corrected chi connectivity index (χ0v) is 11.6. The summed E-state index contributed by atoms with van der Waals surface area (Å²) >= 11 is 3.68. The van der Waals surface area contributed by atoms with Crippen LogP contribution in [0.5, 0.6) is 0 Å². The Labute approximate surface area is 101 Å². The Bertz CT molecular complexity index is 313. The van der Waals surface area contributed by atoms with E-state index in [1.807, 2.05) is 11.8 Å². The van der Waals surface area contributed by atoms with Crippen LogP contribution in [-0.4, -0.2) is 10.7 Å². The van der Waals surface area contributed by atoms with Crippen molar-refractivity contribution in [1.29, 1.82) is 0 Å². The van der Waals surface area contributed by atoms with Crippen LogP contribution in [0.3, 0.4) is 0 Å². The fraction of sp³-hybridized carbons (Fsp3) is 0.727. The molecule has 0 aliphatic rings. The van der Waals surface area contributed by atoms with Gasteiger partial charge in [-0.15, -0.1) is 11.3 Å². The summed E-state index contributed by atoms with van der Waals surface area (Å²) in [4.78, 5) is 5.95. The Morgan fingerprint density at radius 3 is 2.47 bits per heavy atom. The van der Waals surface area contributed by atoms with Gasteiger partial charge in [-0.25, -0.2) is 4.98 Å². The number of rotatable bonds is 4. The zero-order valence-electron chi connectivity index (χ0n) is 9.96. The lowest BCUT2D eigenvalue weighted by Gasteiger charge is -2.16. The molecule has 0 amide bonds. The van der Waals surface area contributed by atoms with E-state index in [1.165, 1.54) is 15.6 Å². The van der Waals surface area contributed by atoms with Gasteiger partial charge in [0.15, 0.2) is 0 Å². The predicted molar refractivity (Wildman–Crippen MR) is 70.5 cm³/mol. The molecule has 1 rings (SSSR count). The van der Waals surface area contributed by atoms with E-state index in [1.54, 1.807) is 11.3 Å². The van der Waals surface area contributed by atoms with Gasteiger partial charge in [0.2, 0.25) is 0 Å². The topological polar surface area (TPSA) is 38.9 Å². The number of hydrogen-bond acceptors (Lipinski definition) is 4. The fourth-order valence-electron chi connectivity index (χ4n) is 1.38. The molecule has 4 heteroatoms. The average molecular weight is 244 g/mol. The van der Waals surface area contributed by atoms with Crippen molar-refractivity contribution in [3.8, 4) is 0 Å². The van der Waals surface area contributed by atoms with E-state index in [9.17, 15) is 0 Å². The molecule has 0 fully saturated rings. The van der Waals surface area contributed by atoms with Crippen molar-refractivity contribution >= 4 is 23.1 Å². The summed E-state index contributed by atoms with van der Waals surface area (Å²) < 4.78 is 0. The summed E-state index contributed by atoms with van der Waals surface area (Å²) in [6, 6.07) is 0. The van der Waals surface area contributed by atoms with Crippen molar-refractivity contribution in [2.45, 2.75) is 45.4 Å². The predicted octanol–water partition coefficient (Wildman–Crippen LogP) is 3.15. The molecule has 0 aliphatic heterocycles. The van der Waals surface area contributed by atoms with Crippen molar-refractivity contribution in [2.75, 3.05) is 5.75 Å². The van der Waals surface area contributed by atoms with Crippen LogP contribution in [0.2, 0.25) is 0 Å². The SMILES string of the molecule is CCSCc1nc(C(C)(C)C)c(CN)s1. The van der Waals surface area contributed by atoms with Gasteiger partial charge in [0.05, 0.1) is 5.69 Å². The molecule has 0 saturated heterocycles. The second-order valence-corrected chi connectivity index (χ2v) is 6.91. The Morgan fingerprint density at radius 1 is 1.40 bits per heavy atom. The first-order chi connectivity index (χ1) is 6.99. The van der Waals surface area contributed by atoms with Crippen LogP contribution in [0.25, 0.3) is 0 Å². The van der Waals surface area contributed by atoms with Gasteiger partial charge in [0, 0.05) is 22.6 Å². The molecule has 0 atom stereocenters. The molecule has 0 bridgehead atoms. The smallest absolute Gasteiger partial charge is 0.103 e. The summed E-state index contributed by atoms with van der Waals surface area (Å²) in [7, 11) is 0. The quantitative estimate of drug-likeness (QED) is 0.884. The molecular weight excluding hydrogens is 224 g/mol. The van der Waals surface area contributed by atoms with Crippen molar-refractivity contribution in [3.63, 3.8) is 0 Å². The summed E-state index contributed by atoms with van der Waals surface area (Å²) in [6.45, 7) is 9.36. The average Bonchev–Trinajstić information content (AvgIpc) is 2.57. The maximum Gasteiger partial charge on any atom is 0.103 e. The van der Waals surface area contributed by atoms with Crippen LogP contribution < -0.4 is 5.73 Å². The van der Waals surface area contributed by atoms with E-state index in [-0.39, 0.29) is 5.41 Å². The van der Waals surface area contributed by atoms with Crippen LogP contribution >= 0.6 is 23.1 Å². The molecule has 0 unspecified atom stereocenters. The maximum absolute atomic E-state index is 5.75. The van der Waals surface area contributed by atoms with Gasteiger partial charge in [0.25, 0.3) is 0 Å². The third-order valence-corrected chi connectivity index (χ3v) is 4.21. The van der Waals surface area contributed by atoms with Crippen molar-refractivity contribution < 1.29 is 0 Å². The summed E-state index contributed by atoms with van der Waals surface area (Å²) in [6.07, 6.45) is 0. The Kier molecular flexibility index (Phi) is 4.62. The van der Waals surface area contributed by atoms with Gasteiger partial charge in [0.1, 0.15) is 5.01 Å². The molecule has 0 radical (unpaired) electrons. The molecule has 2 nitrogen and oxygen atoms in total. The van der Waals surface area contributed by atoms with Gasteiger partial charge in [-0.1, -0.05) is 27.7 Å². The van der Waals surface area contributed by atoms with Gasteiger partial charge >= 0.3 is 0 Å². The highest BCUT2D eigenvalue weighted by atomic mass is 32.2. The lowest BCUT2D eigenvalue weighted by Crippen LogP contribution is -2.15. The standard InChI is InChI=1S/C11H20N2S2/c1-5-14-7-9-13-10(11(2,3)4)8(6-12)15-9/h5-7,12H2,1-4H3. The van der Waals surface area contributed by atoms with Crippen molar-refractivity contribution in [1.82, 2.24) is 4.98 Å². The van der Waals surface area contributed by atoms with Gasteiger partial charge < -0.3 is 5.73 Å². The molecular formula is C11H20N2S2. The molecule has 1 aromatic rings. The van der Waals surface area contributed by atoms with E-state index in [0.29, 0.717) is 6.54 Å². The molecule has 0 saturated carbocycles. The monoisotopic (exact) mass is 244 g/mol. The molecule has 2 N–H and O–H groups in total. The Hall–Kier alpha value is -0.0600. The summed E-state index contributed by atoms with van der Waals surface area (Å²) in [5, 5.41) is 1.22. The maximum atomic E-state index is 5.75. The normalized spacial score (nSPS) is 12.1. The van der Waals surface area contributed by atoms with Crippen molar-refractivity contribution in [2.24, 2.45) is 5.73 Å². The second-order valence-electron chi connectivity index (χ2n) is 4.47. The van der Waals surface area contributed by atoms with Crippen LogP contribution in [0.15, 0.2) is 0 Å². The van der Waals surface area contributed by atoms with Crippen LogP contribution in [0.4, 0.5) is 0 Å². The lowest BCUT2D eigenvalue weighted by molar-refractivity contribution is 0.565. The van der Waals surface area contributed by atoms with Gasteiger partial charge in [-0.05, 0) is 5.75 Å².